The highest BCUT2D eigenvalue weighted by atomic mass is 35.5. The van der Waals surface area contributed by atoms with Crippen LogP contribution in [0, 0.1) is 5.92 Å². The molecule has 9 heteroatoms. The second kappa shape index (κ2) is 10.8. The quantitative estimate of drug-likeness (QED) is 0.593. The maximum Gasteiger partial charge on any atom is 0.292 e. The molecule has 4 N–H and O–H groups in total. The number of nitrogens with zero attached hydrogens (tertiary/aromatic N) is 4. The van der Waals surface area contributed by atoms with Crippen molar-refractivity contribution in [1.29, 1.82) is 0 Å². The summed E-state index contributed by atoms with van der Waals surface area (Å²) in [5, 5.41) is 9.18. The van der Waals surface area contributed by atoms with Crippen molar-refractivity contribution in [1.82, 2.24) is 19.7 Å². The van der Waals surface area contributed by atoms with Crippen LogP contribution in [0.2, 0.25) is 5.02 Å². The number of halogens is 1. The van der Waals surface area contributed by atoms with Crippen LogP contribution in [0.3, 0.4) is 0 Å². The fourth-order valence-electron chi connectivity index (χ4n) is 4.56. The molecule has 0 unspecified atom stereocenters. The average molecular weight is 481 g/mol. The third-order valence-corrected chi connectivity index (χ3v) is 6.77. The summed E-state index contributed by atoms with van der Waals surface area (Å²) in [7, 11) is 0. The van der Waals surface area contributed by atoms with Crippen LogP contribution in [-0.2, 0) is 6.54 Å². The van der Waals surface area contributed by atoms with E-state index in [1.807, 2.05) is 39.8 Å². The van der Waals surface area contributed by atoms with Crippen molar-refractivity contribution < 1.29 is 9.59 Å². The molecule has 5 rings (SSSR count). The standard InChI is InChI=1S/C19H24N6O2.C6H5Cl/c20-11-12-1-7-15(8-2-12)24-9-10-25-17(22-23-18(25)19(24)27)14-5-3-13(4-6-14)16(21)26;7-6-4-2-1-3-5-6/h3-6,12,15H,1-2,7-11,20H2,(H2,21,26);1-5H. The molecule has 1 aliphatic carbocycles. The van der Waals surface area contributed by atoms with Gasteiger partial charge in [0.2, 0.25) is 11.7 Å². The van der Waals surface area contributed by atoms with Gasteiger partial charge >= 0.3 is 0 Å². The Labute approximate surface area is 203 Å². The highest BCUT2D eigenvalue weighted by Crippen LogP contribution is 2.30. The van der Waals surface area contributed by atoms with E-state index in [1.165, 1.54) is 0 Å². The highest BCUT2D eigenvalue weighted by Gasteiger charge is 2.35. The zero-order chi connectivity index (χ0) is 24.1. The number of carbonyl (C=O) groups is 2. The molecular weight excluding hydrogens is 452 g/mol. The van der Waals surface area contributed by atoms with Crippen LogP contribution in [0.25, 0.3) is 11.4 Å². The molecular formula is C25H29ClN6O2. The van der Waals surface area contributed by atoms with Gasteiger partial charge in [0, 0.05) is 35.3 Å². The monoisotopic (exact) mass is 480 g/mol. The predicted molar refractivity (Wildman–Crippen MR) is 131 cm³/mol. The van der Waals surface area contributed by atoms with Crippen molar-refractivity contribution in [2.75, 3.05) is 13.1 Å². The van der Waals surface area contributed by atoms with Gasteiger partial charge in [-0.2, -0.15) is 0 Å². The molecule has 1 saturated carbocycles. The fourth-order valence-corrected chi connectivity index (χ4v) is 4.71. The summed E-state index contributed by atoms with van der Waals surface area (Å²) in [6.07, 6.45) is 4.16. The summed E-state index contributed by atoms with van der Waals surface area (Å²) in [6.45, 7) is 2.05. The minimum atomic E-state index is -0.472. The van der Waals surface area contributed by atoms with Gasteiger partial charge in [0.05, 0.1) is 0 Å². The third kappa shape index (κ3) is 5.29. The van der Waals surface area contributed by atoms with Gasteiger partial charge in [0.15, 0.2) is 5.82 Å². The summed E-state index contributed by atoms with van der Waals surface area (Å²) in [5.41, 5.74) is 12.3. The molecule has 178 valence electrons. The van der Waals surface area contributed by atoms with Crippen molar-refractivity contribution in [2.45, 2.75) is 38.3 Å². The van der Waals surface area contributed by atoms with Crippen molar-refractivity contribution >= 4 is 23.4 Å². The van der Waals surface area contributed by atoms with Crippen LogP contribution in [0.15, 0.2) is 54.6 Å². The lowest BCUT2D eigenvalue weighted by atomic mass is 9.85. The summed E-state index contributed by atoms with van der Waals surface area (Å²) < 4.78 is 1.86. The number of fused-ring (bicyclic) bond motifs is 1. The molecule has 2 heterocycles. The van der Waals surface area contributed by atoms with E-state index >= 15 is 0 Å². The molecule has 1 aromatic heterocycles. The van der Waals surface area contributed by atoms with Gasteiger partial charge in [-0.25, -0.2) is 0 Å². The second-order valence-corrected chi connectivity index (χ2v) is 9.08. The first-order chi connectivity index (χ1) is 16.5. The van der Waals surface area contributed by atoms with Crippen LogP contribution >= 0.6 is 11.6 Å². The number of nitrogens with two attached hydrogens (primary N) is 2. The van der Waals surface area contributed by atoms with Crippen molar-refractivity contribution in [3.63, 3.8) is 0 Å². The number of carbonyl (C=O) groups excluding carboxylic acids is 2. The zero-order valence-electron chi connectivity index (χ0n) is 18.9. The Kier molecular flexibility index (Phi) is 7.59. The Morgan fingerprint density at radius 1 is 0.941 bits per heavy atom. The first-order valence-corrected chi connectivity index (χ1v) is 11.9. The lowest BCUT2D eigenvalue weighted by Gasteiger charge is -2.38. The maximum atomic E-state index is 13.0. The molecule has 0 bridgehead atoms. The molecule has 0 saturated heterocycles. The van der Waals surface area contributed by atoms with Crippen LogP contribution in [0.4, 0.5) is 0 Å². The first-order valence-electron chi connectivity index (χ1n) is 11.5. The number of hydrogen-bond donors (Lipinski definition) is 2. The number of aromatic nitrogens is 3. The van der Waals surface area contributed by atoms with E-state index in [0.29, 0.717) is 36.2 Å². The minimum absolute atomic E-state index is 0.0510. The largest absolute Gasteiger partial charge is 0.366 e. The molecule has 0 radical (unpaired) electrons. The molecule has 1 fully saturated rings. The molecule has 0 atom stereocenters. The normalized spacial score (nSPS) is 19.7. The lowest BCUT2D eigenvalue weighted by Crippen LogP contribution is -2.48. The van der Waals surface area contributed by atoms with Gasteiger partial charge in [-0.1, -0.05) is 41.9 Å². The minimum Gasteiger partial charge on any atom is -0.366 e. The van der Waals surface area contributed by atoms with E-state index in [-0.39, 0.29) is 11.9 Å². The third-order valence-electron chi connectivity index (χ3n) is 6.52. The molecule has 34 heavy (non-hydrogen) atoms. The summed E-state index contributed by atoms with van der Waals surface area (Å²) in [5.74, 6) is 1.08. The Balaban J connectivity index is 0.000000336. The van der Waals surface area contributed by atoms with Crippen LogP contribution in [-0.4, -0.2) is 50.6 Å². The van der Waals surface area contributed by atoms with Crippen LogP contribution in [0.1, 0.15) is 46.7 Å². The van der Waals surface area contributed by atoms with Gasteiger partial charge in [0.1, 0.15) is 0 Å². The fraction of sp³-hybridized carbons (Fsp3) is 0.360. The molecule has 3 aromatic rings. The lowest BCUT2D eigenvalue weighted by molar-refractivity contribution is 0.0541. The Morgan fingerprint density at radius 3 is 2.15 bits per heavy atom. The molecule has 2 amide bonds. The Morgan fingerprint density at radius 2 is 1.59 bits per heavy atom. The predicted octanol–water partition coefficient (Wildman–Crippen LogP) is 3.36. The van der Waals surface area contributed by atoms with E-state index in [1.54, 1.807) is 24.3 Å². The second-order valence-electron chi connectivity index (χ2n) is 8.64. The van der Waals surface area contributed by atoms with E-state index in [0.717, 1.165) is 42.8 Å². The average Bonchev–Trinajstić information content (AvgIpc) is 3.30. The van der Waals surface area contributed by atoms with Crippen LogP contribution in [0.5, 0.6) is 0 Å². The SMILES string of the molecule is Clc1ccccc1.NCC1CCC(N2CCn3c(nnc3-c3ccc(C(N)=O)cc3)C2=O)CC1. The highest BCUT2D eigenvalue weighted by molar-refractivity contribution is 6.30. The molecule has 2 aromatic carbocycles. The smallest absolute Gasteiger partial charge is 0.292 e. The van der Waals surface area contributed by atoms with Crippen molar-refractivity contribution in [2.24, 2.45) is 17.4 Å². The number of benzene rings is 2. The summed E-state index contributed by atoms with van der Waals surface area (Å²) in [6, 6.07) is 16.6. The number of primary amides is 1. The van der Waals surface area contributed by atoms with Crippen molar-refractivity contribution in [3.8, 4) is 11.4 Å². The van der Waals surface area contributed by atoms with Gasteiger partial charge in [0.25, 0.3) is 5.91 Å². The zero-order valence-corrected chi connectivity index (χ0v) is 19.7. The van der Waals surface area contributed by atoms with E-state index in [2.05, 4.69) is 10.2 Å². The molecule has 1 aliphatic heterocycles. The summed E-state index contributed by atoms with van der Waals surface area (Å²) >= 11 is 5.54. The van der Waals surface area contributed by atoms with E-state index in [9.17, 15) is 9.59 Å². The van der Waals surface area contributed by atoms with Gasteiger partial charge < -0.3 is 20.9 Å². The van der Waals surface area contributed by atoms with E-state index < -0.39 is 5.91 Å². The van der Waals surface area contributed by atoms with E-state index in [4.69, 9.17) is 23.1 Å². The molecule has 0 spiro atoms. The Bertz CT molecular complexity index is 1120. The number of amides is 2. The maximum absolute atomic E-state index is 13.0. The molecule has 8 nitrogen and oxygen atoms in total. The van der Waals surface area contributed by atoms with Crippen molar-refractivity contribution in [3.05, 3.63) is 71.0 Å². The summed E-state index contributed by atoms with van der Waals surface area (Å²) in [4.78, 5) is 26.2. The van der Waals surface area contributed by atoms with Crippen LogP contribution < -0.4 is 11.5 Å². The molecule has 2 aliphatic rings. The van der Waals surface area contributed by atoms with Gasteiger partial charge in [-0.05, 0) is 62.4 Å². The van der Waals surface area contributed by atoms with Gasteiger partial charge in [-0.15, -0.1) is 10.2 Å². The number of rotatable bonds is 4. The Hall–Kier alpha value is -3.23. The number of hydrogen-bond acceptors (Lipinski definition) is 5. The topological polar surface area (TPSA) is 120 Å². The first kappa shape index (κ1) is 23.9. The van der Waals surface area contributed by atoms with Gasteiger partial charge in [-0.3, -0.25) is 9.59 Å².